The number of fused-ring (bicyclic) bond motifs is 7. The highest BCUT2D eigenvalue weighted by atomic mass is 16.7. The Morgan fingerprint density at radius 2 is 1.74 bits per heavy atom. The van der Waals surface area contributed by atoms with E-state index < -0.39 is 42.4 Å². The molecule has 5 saturated heterocycles. The lowest BCUT2D eigenvalue weighted by molar-refractivity contribution is -0.154. The van der Waals surface area contributed by atoms with Crippen LogP contribution in [0.3, 0.4) is 0 Å². The summed E-state index contributed by atoms with van der Waals surface area (Å²) >= 11 is 0. The molecular weight excluding hydrogens is 602 g/mol. The number of carbonyl (C=O) groups is 4. The van der Waals surface area contributed by atoms with Crippen LogP contribution in [0, 0.1) is 5.92 Å². The number of rotatable bonds is 3. The summed E-state index contributed by atoms with van der Waals surface area (Å²) in [5.41, 5.74) is 0.909. The van der Waals surface area contributed by atoms with E-state index in [0.29, 0.717) is 57.1 Å². The van der Waals surface area contributed by atoms with Crippen molar-refractivity contribution in [3.8, 4) is 11.5 Å². The molecule has 6 aliphatic rings. The van der Waals surface area contributed by atoms with Gasteiger partial charge in [0.1, 0.15) is 24.4 Å². The first kappa shape index (κ1) is 31.1. The summed E-state index contributed by atoms with van der Waals surface area (Å²) in [6, 6.07) is 3.73. The number of likely N-dealkylation sites (tertiary alicyclic amines) is 1. The minimum Gasteiger partial charge on any atom is -0.454 e. The Bertz CT molecular complexity index is 1360. The number of benzene rings is 1. The van der Waals surface area contributed by atoms with Gasteiger partial charge in [-0.05, 0) is 37.0 Å². The third-order valence-corrected chi connectivity index (χ3v) is 10.0. The maximum Gasteiger partial charge on any atom is 0.244 e. The molecule has 6 aliphatic heterocycles. The second kappa shape index (κ2) is 13.0. The summed E-state index contributed by atoms with van der Waals surface area (Å²) < 4.78 is 22.3. The highest BCUT2D eigenvalue weighted by Gasteiger charge is 2.47. The molecule has 1 aromatic carbocycles. The second-order valence-corrected chi connectivity index (χ2v) is 13.0. The van der Waals surface area contributed by atoms with Crippen LogP contribution in [0.5, 0.6) is 11.5 Å². The van der Waals surface area contributed by atoms with Crippen molar-refractivity contribution >= 4 is 23.6 Å². The number of aliphatic hydroxyl groups is 2. The van der Waals surface area contributed by atoms with Gasteiger partial charge in [0.2, 0.25) is 30.4 Å². The molecule has 15 nitrogen and oxygen atoms in total. The Morgan fingerprint density at radius 1 is 0.957 bits per heavy atom. The molecule has 250 valence electrons. The fraction of sp³-hybridized carbons (Fsp3) is 0.677. The number of nitrogens with zero attached hydrogens (tertiary/aromatic N) is 3. The van der Waals surface area contributed by atoms with Gasteiger partial charge in [0.15, 0.2) is 11.5 Å². The molecule has 5 fully saturated rings. The predicted octanol–water partition coefficient (Wildman–Crippen LogP) is -2.05. The van der Waals surface area contributed by atoms with Gasteiger partial charge in [-0.1, -0.05) is 6.07 Å². The highest BCUT2D eigenvalue weighted by molar-refractivity contribution is 5.91. The van der Waals surface area contributed by atoms with Gasteiger partial charge in [-0.2, -0.15) is 0 Å². The molecular formula is C31H41N5O10. The number of aliphatic hydroxyl groups excluding tert-OH is 2. The van der Waals surface area contributed by atoms with Gasteiger partial charge in [-0.3, -0.25) is 24.1 Å². The van der Waals surface area contributed by atoms with Gasteiger partial charge in [-0.25, -0.2) is 0 Å². The van der Waals surface area contributed by atoms with E-state index in [0.717, 1.165) is 5.56 Å². The van der Waals surface area contributed by atoms with E-state index in [-0.39, 0.29) is 69.1 Å². The first-order chi connectivity index (χ1) is 22.2. The van der Waals surface area contributed by atoms with Gasteiger partial charge in [0, 0.05) is 57.9 Å². The largest absolute Gasteiger partial charge is 0.454 e. The summed E-state index contributed by atoms with van der Waals surface area (Å²) in [4.78, 5) is 60.0. The molecule has 0 aliphatic carbocycles. The van der Waals surface area contributed by atoms with Gasteiger partial charge in [0.25, 0.3) is 0 Å². The summed E-state index contributed by atoms with van der Waals surface area (Å²) in [6.45, 7) is 2.23. The molecule has 6 heterocycles. The van der Waals surface area contributed by atoms with Crippen LogP contribution in [0.1, 0.15) is 31.2 Å². The highest BCUT2D eigenvalue weighted by Crippen LogP contribution is 2.34. The number of hydrogen-bond acceptors (Lipinski definition) is 11. The van der Waals surface area contributed by atoms with Crippen molar-refractivity contribution in [1.29, 1.82) is 0 Å². The first-order valence-electron chi connectivity index (χ1n) is 16.1. The zero-order chi connectivity index (χ0) is 31.9. The molecule has 4 N–H and O–H groups in total. The number of amides is 4. The van der Waals surface area contributed by atoms with E-state index in [4.69, 9.17) is 18.9 Å². The zero-order valence-corrected chi connectivity index (χ0v) is 25.5. The summed E-state index contributed by atoms with van der Waals surface area (Å²) in [5.74, 6) is -0.129. The maximum absolute atomic E-state index is 14.2. The number of piperazine rings is 1. The second-order valence-electron chi connectivity index (χ2n) is 13.0. The number of hydrogen-bond donors (Lipinski definition) is 4. The topological polar surface area (TPSA) is 179 Å². The normalized spacial score (nSPS) is 34.0. The van der Waals surface area contributed by atoms with Crippen molar-refractivity contribution in [3.05, 3.63) is 23.8 Å². The lowest BCUT2D eigenvalue weighted by atomic mass is 9.96. The fourth-order valence-corrected chi connectivity index (χ4v) is 7.53. The molecule has 0 spiro atoms. The molecule has 15 heteroatoms. The minimum atomic E-state index is -1.32. The Balaban J connectivity index is 1.16. The number of nitrogens with one attached hydrogen (secondary N) is 2. The Hall–Kier alpha value is -3.50. The molecule has 6 bridgehead atoms. The Morgan fingerprint density at radius 3 is 2.57 bits per heavy atom. The third kappa shape index (κ3) is 6.13. The number of carbonyl (C=O) groups excluding carboxylic acids is 4. The predicted molar refractivity (Wildman–Crippen MR) is 157 cm³/mol. The standard InChI is InChI=1S/C31H41N5O10/c37-26-11-24-27(38)28(39)25(46-24)12-32-29(40)21-15-34(5-6-36(21)30(41)18-3-7-43-8-4-18)31(42)20-10-19(33-26)14-35(20)13-17-1-2-22-23(9-17)45-16-44-22/h1-2,9,18-21,24-25,27-28,38-39H,3-8,10-16H2,(H,32,40)(H,33,37)/t19-,20-,21-,24-,25+,27-,28+/m0/s1. The van der Waals surface area contributed by atoms with Gasteiger partial charge in [-0.15, -0.1) is 0 Å². The lowest BCUT2D eigenvalue weighted by Gasteiger charge is -2.43. The van der Waals surface area contributed by atoms with Crippen LogP contribution in [0.2, 0.25) is 0 Å². The van der Waals surface area contributed by atoms with E-state index in [1.807, 2.05) is 23.1 Å². The quantitative estimate of drug-likeness (QED) is 0.285. The zero-order valence-electron chi connectivity index (χ0n) is 25.5. The average molecular weight is 644 g/mol. The monoisotopic (exact) mass is 643 g/mol. The van der Waals surface area contributed by atoms with E-state index in [2.05, 4.69) is 10.6 Å². The molecule has 0 saturated carbocycles. The van der Waals surface area contributed by atoms with Crippen LogP contribution >= 0.6 is 0 Å². The SMILES string of the molecule is O=C1C[C@@H]2O[C@H](CNC(=O)[C@@H]3CN(CCN3C(=O)C3CCOCC3)C(=O)[C@@H]3C[C@@H](CN3Cc3ccc4c(c3)OCO4)N1)[C@@H](O)[C@H]2O. The van der Waals surface area contributed by atoms with Crippen LogP contribution in [-0.4, -0.2) is 144 Å². The Labute approximate surface area is 266 Å². The van der Waals surface area contributed by atoms with Crippen molar-refractivity contribution in [1.82, 2.24) is 25.3 Å². The molecule has 0 unspecified atom stereocenters. The van der Waals surface area contributed by atoms with E-state index in [1.165, 1.54) is 0 Å². The lowest BCUT2D eigenvalue weighted by Crippen LogP contribution is -2.64. The fourth-order valence-electron chi connectivity index (χ4n) is 7.53. The summed E-state index contributed by atoms with van der Waals surface area (Å²) in [7, 11) is 0. The van der Waals surface area contributed by atoms with Gasteiger partial charge >= 0.3 is 0 Å². The van der Waals surface area contributed by atoms with Gasteiger partial charge < -0.3 is 49.6 Å². The van der Waals surface area contributed by atoms with Crippen molar-refractivity contribution in [3.63, 3.8) is 0 Å². The van der Waals surface area contributed by atoms with Crippen molar-refractivity contribution in [2.45, 2.75) is 74.8 Å². The van der Waals surface area contributed by atoms with Crippen molar-refractivity contribution in [2.75, 3.05) is 52.7 Å². The van der Waals surface area contributed by atoms with Crippen LogP contribution in [0.15, 0.2) is 18.2 Å². The number of ether oxygens (including phenoxy) is 4. The molecule has 46 heavy (non-hydrogen) atoms. The van der Waals surface area contributed by atoms with Crippen LogP contribution in [0.25, 0.3) is 0 Å². The molecule has 4 amide bonds. The summed E-state index contributed by atoms with van der Waals surface area (Å²) in [5, 5.41) is 27.1. The van der Waals surface area contributed by atoms with E-state index >= 15 is 0 Å². The molecule has 7 rings (SSSR count). The van der Waals surface area contributed by atoms with Crippen LogP contribution in [-0.2, 0) is 35.2 Å². The molecule has 1 aromatic rings. The van der Waals surface area contributed by atoms with Crippen LogP contribution in [0.4, 0.5) is 0 Å². The molecule has 0 radical (unpaired) electrons. The summed E-state index contributed by atoms with van der Waals surface area (Å²) in [6.07, 6.45) is -3.26. The average Bonchev–Trinajstić information content (AvgIpc) is 3.76. The maximum atomic E-state index is 14.2. The Kier molecular flexibility index (Phi) is 8.76. The molecule has 7 atom stereocenters. The molecule has 0 aromatic heterocycles. The smallest absolute Gasteiger partial charge is 0.244 e. The van der Waals surface area contributed by atoms with Gasteiger partial charge in [0.05, 0.1) is 25.1 Å². The minimum absolute atomic E-state index is 0.00431. The third-order valence-electron chi connectivity index (χ3n) is 10.0. The van der Waals surface area contributed by atoms with Crippen molar-refractivity contribution < 1.29 is 48.3 Å². The first-order valence-corrected chi connectivity index (χ1v) is 16.1. The van der Waals surface area contributed by atoms with Crippen LogP contribution < -0.4 is 20.1 Å². The van der Waals surface area contributed by atoms with E-state index in [1.54, 1.807) is 9.80 Å². The van der Waals surface area contributed by atoms with Crippen molar-refractivity contribution in [2.24, 2.45) is 5.92 Å². The van der Waals surface area contributed by atoms with E-state index in [9.17, 15) is 29.4 Å².